The molecule has 2 aromatic carbocycles. The third kappa shape index (κ3) is 3.92. The Bertz CT molecular complexity index is 672. The van der Waals surface area contributed by atoms with Crippen molar-refractivity contribution in [3.05, 3.63) is 52.0 Å². The third-order valence-corrected chi connectivity index (χ3v) is 3.79. The Labute approximate surface area is 137 Å². The van der Waals surface area contributed by atoms with E-state index >= 15 is 0 Å². The van der Waals surface area contributed by atoms with Crippen molar-refractivity contribution >= 4 is 33.2 Å². The third-order valence-electron chi connectivity index (χ3n) is 3.27. The molecular formula is C16H18BrN3O2. The van der Waals surface area contributed by atoms with E-state index in [1.807, 2.05) is 12.1 Å². The number of benzene rings is 2. The van der Waals surface area contributed by atoms with Gasteiger partial charge >= 0.3 is 0 Å². The van der Waals surface area contributed by atoms with E-state index in [0.717, 1.165) is 10.9 Å². The lowest BCUT2D eigenvalue weighted by atomic mass is 10.1. The van der Waals surface area contributed by atoms with Crippen molar-refractivity contribution < 1.29 is 9.53 Å². The van der Waals surface area contributed by atoms with Gasteiger partial charge in [-0.3, -0.25) is 4.79 Å². The summed E-state index contributed by atoms with van der Waals surface area (Å²) in [6.45, 7) is 0.693. The number of amides is 1. The predicted octanol–water partition coefficient (Wildman–Crippen LogP) is 2.79. The SMILES string of the molecule is COc1cc(C(N)=O)cc(N)c1NCCc1ccc(Br)cc1. The molecule has 2 aromatic rings. The Hall–Kier alpha value is -2.21. The van der Waals surface area contributed by atoms with Gasteiger partial charge in [-0.2, -0.15) is 0 Å². The maximum atomic E-state index is 11.2. The lowest BCUT2D eigenvalue weighted by Gasteiger charge is -2.15. The number of nitrogen functional groups attached to an aromatic ring is 1. The number of primary amides is 1. The topological polar surface area (TPSA) is 90.4 Å². The van der Waals surface area contributed by atoms with Gasteiger partial charge in [0.15, 0.2) is 0 Å². The van der Waals surface area contributed by atoms with Gasteiger partial charge in [0.1, 0.15) is 11.4 Å². The van der Waals surface area contributed by atoms with Gasteiger partial charge in [0.05, 0.1) is 12.8 Å². The van der Waals surface area contributed by atoms with Gasteiger partial charge in [0.25, 0.3) is 0 Å². The number of hydrogen-bond acceptors (Lipinski definition) is 4. The van der Waals surface area contributed by atoms with E-state index in [4.69, 9.17) is 16.2 Å². The van der Waals surface area contributed by atoms with Crippen molar-refractivity contribution in [1.29, 1.82) is 0 Å². The van der Waals surface area contributed by atoms with Crippen LogP contribution in [0.3, 0.4) is 0 Å². The van der Waals surface area contributed by atoms with Crippen LogP contribution in [0.1, 0.15) is 15.9 Å². The van der Waals surface area contributed by atoms with Crippen molar-refractivity contribution in [2.24, 2.45) is 5.73 Å². The molecule has 0 fully saturated rings. The molecule has 1 amide bonds. The maximum Gasteiger partial charge on any atom is 0.248 e. The van der Waals surface area contributed by atoms with Crippen LogP contribution in [0.25, 0.3) is 0 Å². The Balaban J connectivity index is 2.08. The summed E-state index contributed by atoms with van der Waals surface area (Å²) in [7, 11) is 1.53. The molecule has 0 atom stereocenters. The summed E-state index contributed by atoms with van der Waals surface area (Å²) in [5, 5.41) is 3.25. The van der Waals surface area contributed by atoms with Gasteiger partial charge in [0.2, 0.25) is 5.91 Å². The number of anilines is 2. The maximum absolute atomic E-state index is 11.2. The van der Waals surface area contributed by atoms with Crippen molar-refractivity contribution in [2.45, 2.75) is 6.42 Å². The molecule has 0 radical (unpaired) electrons. The molecule has 116 valence electrons. The second-order valence-electron chi connectivity index (χ2n) is 4.81. The number of nitrogens with one attached hydrogen (secondary N) is 1. The second kappa shape index (κ2) is 7.17. The molecule has 22 heavy (non-hydrogen) atoms. The molecule has 6 heteroatoms. The highest BCUT2D eigenvalue weighted by molar-refractivity contribution is 9.10. The van der Waals surface area contributed by atoms with Crippen LogP contribution in [0.5, 0.6) is 5.75 Å². The highest BCUT2D eigenvalue weighted by atomic mass is 79.9. The molecule has 0 aromatic heterocycles. The van der Waals surface area contributed by atoms with E-state index in [2.05, 4.69) is 33.4 Å². The van der Waals surface area contributed by atoms with Gasteiger partial charge in [-0.1, -0.05) is 28.1 Å². The number of rotatable bonds is 6. The van der Waals surface area contributed by atoms with Gasteiger partial charge in [-0.15, -0.1) is 0 Å². The summed E-state index contributed by atoms with van der Waals surface area (Å²) in [5.74, 6) is -0.0315. The zero-order valence-electron chi connectivity index (χ0n) is 12.2. The normalized spacial score (nSPS) is 10.3. The lowest BCUT2D eigenvalue weighted by molar-refractivity contribution is 0.1000. The first-order valence-electron chi connectivity index (χ1n) is 6.77. The van der Waals surface area contributed by atoms with Crippen molar-refractivity contribution in [3.63, 3.8) is 0 Å². The van der Waals surface area contributed by atoms with Crippen molar-refractivity contribution in [1.82, 2.24) is 0 Å². The highest BCUT2D eigenvalue weighted by Crippen LogP contribution is 2.32. The molecule has 0 aliphatic heterocycles. The molecule has 0 unspecified atom stereocenters. The number of nitrogens with two attached hydrogens (primary N) is 2. The molecular weight excluding hydrogens is 346 g/mol. The first-order valence-corrected chi connectivity index (χ1v) is 7.56. The minimum absolute atomic E-state index is 0.327. The quantitative estimate of drug-likeness (QED) is 0.688. The molecule has 0 spiro atoms. The average molecular weight is 364 g/mol. The monoisotopic (exact) mass is 363 g/mol. The summed E-state index contributed by atoms with van der Waals surface area (Å²) in [5.41, 5.74) is 13.9. The summed E-state index contributed by atoms with van der Waals surface area (Å²) in [6, 6.07) is 11.3. The predicted molar refractivity (Wildman–Crippen MR) is 92.3 cm³/mol. The zero-order chi connectivity index (χ0) is 16.1. The Morgan fingerprint density at radius 3 is 2.55 bits per heavy atom. The number of methoxy groups -OCH3 is 1. The fourth-order valence-electron chi connectivity index (χ4n) is 2.11. The zero-order valence-corrected chi connectivity index (χ0v) is 13.8. The standard InChI is InChI=1S/C16H18BrN3O2/c1-22-14-9-11(16(19)21)8-13(18)15(14)20-7-6-10-2-4-12(17)5-3-10/h2-5,8-9,20H,6-7,18H2,1H3,(H2,19,21). The van der Waals surface area contributed by atoms with Crippen LogP contribution in [-0.4, -0.2) is 19.6 Å². The highest BCUT2D eigenvalue weighted by Gasteiger charge is 2.12. The molecule has 0 aliphatic rings. The number of carbonyl (C=O) groups is 1. The van der Waals surface area contributed by atoms with Crippen LogP contribution in [-0.2, 0) is 6.42 Å². The minimum atomic E-state index is -0.536. The van der Waals surface area contributed by atoms with E-state index < -0.39 is 5.91 Å². The summed E-state index contributed by atoms with van der Waals surface area (Å²) in [4.78, 5) is 11.2. The van der Waals surface area contributed by atoms with Crippen molar-refractivity contribution in [2.75, 3.05) is 24.7 Å². The molecule has 0 saturated carbocycles. The average Bonchev–Trinajstić information content (AvgIpc) is 2.50. The van der Waals surface area contributed by atoms with Crippen LogP contribution >= 0.6 is 15.9 Å². The Morgan fingerprint density at radius 2 is 1.95 bits per heavy atom. The number of carbonyl (C=O) groups excluding carboxylic acids is 1. The second-order valence-corrected chi connectivity index (χ2v) is 5.73. The van der Waals surface area contributed by atoms with Crippen LogP contribution < -0.4 is 21.5 Å². The fraction of sp³-hybridized carbons (Fsp3) is 0.188. The molecule has 0 heterocycles. The number of halogens is 1. The van der Waals surface area contributed by atoms with Crippen LogP contribution in [0.4, 0.5) is 11.4 Å². The largest absolute Gasteiger partial charge is 0.494 e. The molecule has 0 bridgehead atoms. The Morgan fingerprint density at radius 1 is 1.27 bits per heavy atom. The van der Waals surface area contributed by atoms with Gasteiger partial charge in [-0.25, -0.2) is 0 Å². The molecule has 0 aliphatic carbocycles. The Kier molecular flexibility index (Phi) is 5.27. The van der Waals surface area contributed by atoms with Gasteiger partial charge < -0.3 is 21.5 Å². The number of hydrogen-bond donors (Lipinski definition) is 3. The lowest BCUT2D eigenvalue weighted by Crippen LogP contribution is -2.13. The molecule has 0 saturated heterocycles. The smallest absolute Gasteiger partial charge is 0.248 e. The van der Waals surface area contributed by atoms with E-state index in [1.54, 1.807) is 12.1 Å². The fourth-order valence-corrected chi connectivity index (χ4v) is 2.38. The first kappa shape index (κ1) is 16.2. The van der Waals surface area contributed by atoms with Crippen molar-refractivity contribution in [3.8, 4) is 5.75 Å². The van der Waals surface area contributed by atoms with Crippen LogP contribution in [0.2, 0.25) is 0 Å². The first-order chi connectivity index (χ1) is 10.5. The molecule has 5 nitrogen and oxygen atoms in total. The summed E-state index contributed by atoms with van der Waals surface area (Å²) >= 11 is 3.41. The van der Waals surface area contributed by atoms with E-state index in [9.17, 15) is 4.79 Å². The van der Waals surface area contributed by atoms with Gasteiger partial charge in [0, 0.05) is 16.6 Å². The van der Waals surface area contributed by atoms with Crippen LogP contribution in [0.15, 0.2) is 40.9 Å². The van der Waals surface area contributed by atoms with Crippen LogP contribution in [0, 0.1) is 0 Å². The van der Waals surface area contributed by atoms with E-state index in [0.29, 0.717) is 29.2 Å². The van der Waals surface area contributed by atoms with Gasteiger partial charge in [-0.05, 0) is 36.2 Å². The van der Waals surface area contributed by atoms with E-state index in [-0.39, 0.29) is 0 Å². The molecule has 2 rings (SSSR count). The van der Waals surface area contributed by atoms with E-state index in [1.165, 1.54) is 12.7 Å². The minimum Gasteiger partial charge on any atom is -0.494 e. The molecule has 5 N–H and O–H groups in total. The summed E-state index contributed by atoms with van der Waals surface area (Å²) in [6.07, 6.45) is 0.841. The summed E-state index contributed by atoms with van der Waals surface area (Å²) < 4.78 is 6.33. The number of ether oxygens (including phenoxy) is 1.